The normalized spacial score (nSPS) is 10.7. The number of thiophene rings is 1. The summed E-state index contributed by atoms with van der Waals surface area (Å²) >= 11 is 1.22. The lowest BCUT2D eigenvalue weighted by molar-refractivity contribution is -0.121. The second-order valence-electron chi connectivity index (χ2n) is 6.39. The highest BCUT2D eigenvalue weighted by atomic mass is 32.1. The van der Waals surface area contributed by atoms with Crippen molar-refractivity contribution in [1.82, 2.24) is 21.0 Å². The molecule has 0 aliphatic carbocycles. The van der Waals surface area contributed by atoms with Gasteiger partial charge in [0.2, 0.25) is 5.91 Å². The Morgan fingerprint density at radius 2 is 1.70 bits per heavy atom. The number of H-pyrrole nitrogens is 1. The van der Waals surface area contributed by atoms with E-state index in [9.17, 15) is 18.8 Å². The summed E-state index contributed by atoms with van der Waals surface area (Å²) < 4.78 is 13.1. The molecule has 3 N–H and O–H groups in total. The van der Waals surface area contributed by atoms with E-state index in [1.165, 1.54) is 23.5 Å². The summed E-state index contributed by atoms with van der Waals surface area (Å²) in [7, 11) is 0. The van der Waals surface area contributed by atoms with Gasteiger partial charge in [0.1, 0.15) is 5.82 Å². The Morgan fingerprint density at radius 1 is 0.967 bits per heavy atom. The molecule has 150 valence electrons. The predicted molar refractivity (Wildman–Crippen MR) is 111 cm³/mol. The van der Waals surface area contributed by atoms with Gasteiger partial charge in [0.05, 0.1) is 22.4 Å². The van der Waals surface area contributed by atoms with Crippen LogP contribution in [0.25, 0.3) is 21.2 Å². The van der Waals surface area contributed by atoms with Gasteiger partial charge in [-0.3, -0.25) is 25.2 Å². The van der Waals surface area contributed by atoms with Gasteiger partial charge in [0.15, 0.2) is 0 Å². The molecule has 9 heteroatoms. The quantitative estimate of drug-likeness (QED) is 0.440. The SMILES string of the molecule is O=C(Cc1n[nH]c(=O)c2ccccc12)NNC(=O)c1ccc(-c2ccc(F)cc2)s1. The number of aromatic amines is 1. The molecule has 0 radical (unpaired) electrons. The van der Waals surface area contributed by atoms with Crippen LogP contribution in [-0.2, 0) is 11.2 Å². The molecule has 0 spiro atoms. The first-order valence-electron chi connectivity index (χ1n) is 8.92. The van der Waals surface area contributed by atoms with Gasteiger partial charge in [-0.15, -0.1) is 11.3 Å². The summed E-state index contributed by atoms with van der Waals surface area (Å²) in [5.41, 5.74) is 5.57. The number of benzene rings is 2. The fraction of sp³-hybridized carbons (Fsp3) is 0.0476. The maximum absolute atomic E-state index is 13.1. The number of aromatic nitrogens is 2. The number of nitrogens with zero attached hydrogens (tertiary/aromatic N) is 1. The number of hydrogen-bond donors (Lipinski definition) is 3. The average molecular weight is 422 g/mol. The van der Waals surface area contributed by atoms with E-state index in [1.807, 2.05) is 0 Å². The minimum Gasteiger partial charge on any atom is -0.273 e. The number of carbonyl (C=O) groups is 2. The molecule has 7 nitrogen and oxygen atoms in total. The summed E-state index contributed by atoms with van der Waals surface area (Å²) in [5, 5.41) is 7.32. The Labute approximate surface area is 173 Å². The van der Waals surface area contributed by atoms with Crippen molar-refractivity contribution in [2.75, 3.05) is 0 Å². The van der Waals surface area contributed by atoms with Crippen molar-refractivity contribution in [2.45, 2.75) is 6.42 Å². The molecule has 2 heterocycles. The lowest BCUT2D eigenvalue weighted by Crippen LogP contribution is -2.42. The Kier molecular flexibility index (Phi) is 5.36. The molecule has 0 aliphatic rings. The van der Waals surface area contributed by atoms with Crippen LogP contribution in [0.5, 0.6) is 0 Å². The van der Waals surface area contributed by atoms with Crippen LogP contribution in [0, 0.1) is 5.82 Å². The zero-order chi connectivity index (χ0) is 21.1. The number of amides is 2. The summed E-state index contributed by atoms with van der Waals surface area (Å²) in [6.07, 6.45) is -0.122. The second-order valence-corrected chi connectivity index (χ2v) is 7.48. The molecule has 0 saturated heterocycles. The highest BCUT2D eigenvalue weighted by molar-refractivity contribution is 7.17. The van der Waals surface area contributed by atoms with Crippen LogP contribution < -0.4 is 16.4 Å². The molecule has 0 unspecified atom stereocenters. The molecule has 0 atom stereocenters. The van der Waals surface area contributed by atoms with E-state index in [-0.39, 0.29) is 17.8 Å². The zero-order valence-electron chi connectivity index (χ0n) is 15.4. The Morgan fingerprint density at radius 3 is 2.47 bits per heavy atom. The van der Waals surface area contributed by atoms with E-state index in [0.717, 1.165) is 10.4 Å². The van der Waals surface area contributed by atoms with E-state index >= 15 is 0 Å². The molecular weight excluding hydrogens is 407 g/mol. The van der Waals surface area contributed by atoms with E-state index in [0.29, 0.717) is 21.3 Å². The third kappa shape index (κ3) is 4.11. The van der Waals surface area contributed by atoms with Crippen molar-refractivity contribution in [3.05, 3.63) is 87.4 Å². The Hall–Kier alpha value is -3.85. The molecule has 2 aromatic carbocycles. The first kappa shape index (κ1) is 19.5. The minimum absolute atomic E-state index is 0.122. The van der Waals surface area contributed by atoms with Crippen molar-refractivity contribution in [1.29, 1.82) is 0 Å². The molecule has 0 fully saturated rings. The van der Waals surface area contributed by atoms with Gasteiger partial charge in [-0.05, 0) is 35.9 Å². The van der Waals surface area contributed by atoms with Gasteiger partial charge < -0.3 is 0 Å². The molecule has 0 saturated carbocycles. The average Bonchev–Trinajstić information content (AvgIpc) is 3.25. The standard InChI is InChI=1S/C21H15FN4O3S/c22-13-7-5-12(6-8-13)17-9-10-18(30-17)21(29)26-24-19(27)11-16-14-3-1-2-4-15(14)20(28)25-23-16/h1-10H,11H2,(H,24,27)(H,25,28)(H,26,29). The number of nitrogens with one attached hydrogen (secondary N) is 3. The smallest absolute Gasteiger partial charge is 0.273 e. The van der Waals surface area contributed by atoms with Crippen LogP contribution >= 0.6 is 11.3 Å². The molecule has 30 heavy (non-hydrogen) atoms. The minimum atomic E-state index is -0.483. The number of fused-ring (bicyclic) bond motifs is 1. The monoisotopic (exact) mass is 422 g/mol. The van der Waals surface area contributed by atoms with Crippen molar-refractivity contribution in [3.63, 3.8) is 0 Å². The Bertz CT molecular complexity index is 1300. The van der Waals surface area contributed by atoms with Gasteiger partial charge in [-0.25, -0.2) is 9.49 Å². The van der Waals surface area contributed by atoms with Gasteiger partial charge >= 0.3 is 0 Å². The Balaban J connectivity index is 1.40. The van der Waals surface area contributed by atoms with Crippen LogP contribution in [-0.4, -0.2) is 22.0 Å². The fourth-order valence-corrected chi connectivity index (χ4v) is 3.83. The van der Waals surface area contributed by atoms with Gasteiger partial charge in [-0.1, -0.05) is 30.3 Å². The summed E-state index contributed by atoms with van der Waals surface area (Å²) in [5.74, 6) is -1.29. The highest BCUT2D eigenvalue weighted by Gasteiger charge is 2.14. The van der Waals surface area contributed by atoms with Crippen molar-refractivity contribution in [2.24, 2.45) is 0 Å². The van der Waals surface area contributed by atoms with Gasteiger partial charge in [-0.2, -0.15) is 5.10 Å². The number of rotatable bonds is 4. The maximum atomic E-state index is 13.1. The third-order valence-corrected chi connectivity index (χ3v) is 5.51. The predicted octanol–water partition coefficient (Wildman–Crippen LogP) is 2.79. The largest absolute Gasteiger partial charge is 0.279 e. The van der Waals surface area contributed by atoms with Crippen molar-refractivity contribution >= 4 is 33.9 Å². The highest BCUT2D eigenvalue weighted by Crippen LogP contribution is 2.28. The third-order valence-electron chi connectivity index (χ3n) is 4.38. The second kappa shape index (κ2) is 8.26. The molecular formula is C21H15FN4O3S. The van der Waals surface area contributed by atoms with Crippen LogP contribution in [0.1, 0.15) is 15.4 Å². The van der Waals surface area contributed by atoms with Crippen molar-refractivity contribution in [3.8, 4) is 10.4 Å². The molecule has 2 aromatic heterocycles. The summed E-state index contributed by atoms with van der Waals surface area (Å²) in [6.45, 7) is 0. The van der Waals surface area contributed by atoms with E-state index in [1.54, 1.807) is 48.5 Å². The van der Waals surface area contributed by atoms with Crippen molar-refractivity contribution < 1.29 is 14.0 Å². The maximum Gasteiger partial charge on any atom is 0.279 e. The first-order chi connectivity index (χ1) is 14.5. The number of hydrazine groups is 1. The molecule has 4 aromatic rings. The molecule has 0 bridgehead atoms. The zero-order valence-corrected chi connectivity index (χ0v) is 16.3. The van der Waals surface area contributed by atoms with Gasteiger partial charge in [0, 0.05) is 10.3 Å². The van der Waals surface area contributed by atoms with Crippen LogP contribution in [0.2, 0.25) is 0 Å². The summed E-state index contributed by atoms with van der Waals surface area (Å²) in [4.78, 5) is 37.6. The molecule has 2 amide bonds. The lowest BCUT2D eigenvalue weighted by atomic mass is 10.1. The lowest BCUT2D eigenvalue weighted by Gasteiger charge is -2.07. The van der Waals surface area contributed by atoms with E-state index in [2.05, 4.69) is 21.0 Å². The summed E-state index contributed by atoms with van der Waals surface area (Å²) in [6, 6.07) is 16.2. The fourth-order valence-electron chi connectivity index (χ4n) is 2.92. The number of halogens is 1. The number of hydrogen-bond acceptors (Lipinski definition) is 5. The first-order valence-corrected chi connectivity index (χ1v) is 9.74. The topological polar surface area (TPSA) is 104 Å². The van der Waals surface area contributed by atoms with E-state index in [4.69, 9.17) is 0 Å². The molecule has 0 aliphatic heterocycles. The van der Waals surface area contributed by atoms with Crippen LogP contribution in [0.3, 0.4) is 0 Å². The van der Waals surface area contributed by atoms with Crippen LogP contribution in [0.4, 0.5) is 4.39 Å². The van der Waals surface area contributed by atoms with Gasteiger partial charge in [0.25, 0.3) is 11.5 Å². The number of carbonyl (C=O) groups excluding carboxylic acids is 2. The van der Waals surface area contributed by atoms with E-state index < -0.39 is 11.8 Å². The van der Waals surface area contributed by atoms with Crippen LogP contribution in [0.15, 0.2) is 65.5 Å². The molecule has 4 rings (SSSR count).